The molecular weight excluding hydrogens is 627 g/mol. The Morgan fingerprint density at radius 1 is 0.708 bits per heavy atom. The van der Waals surface area contributed by atoms with E-state index in [0.29, 0.717) is 5.15 Å². The molecule has 4 aromatic heterocycles. The maximum absolute atomic E-state index is 13.6. The van der Waals surface area contributed by atoms with Crippen LogP contribution in [0.25, 0.3) is 33.8 Å². The molecule has 4 N–H and O–H groups in total. The van der Waals surface area contributed by atoms with Gasteiger partial charge < -0.3 is 20.6 Å². The summed E-state index contributed by atoms with van der Waals surface area (Å²) in [4.78, 5) is 40.9. The Morgan fingerprint density at radius 3 is 1.83 bits per heavy atom. The SMILES string of the molecule is O=C1NCC2(CC2)c2[nH]c3c(c21)CCc1cnc(-c2cccc(F)c2)cc1-3.O=C1NCC2(CC2)c2[nH]c3c(c21)CCc1cnc(Cl)cc1-3. The van der Waals surface area contributed by atoms with Crippen molar-refractivity contribution >= 4 is 23.4 Å². The molecule has 4 aliphatic carbocycles. The Hall–Kier alpha value is -4.76. The average Bonchev–Trinajstić information content (AvgIpc) is 3.98. The molecule has 0 saturated heterocycles. The van der Waals surface area contributed by atoms with Crippen LogP contribution in [0.5, 0.6) is 0 Å². The number of aromatic amines is 2. The number of fused-ring (bicyclic) bond motifs is 12. The Morgan fingerprint density at radius 2 is 1.27 bits per heavy atom. The zero-order valence-electron chi connectivity index (χ0n) is 26.2. The smallest absolute Gasteiger partial charge is 0.253 e. The molecule has 6 heterocycles. The lowest BCUT2D eigenvalue weighted by Gasteiger charge is -2.23. The number of rotatable bonds is 1. The van der Waals surface area contributed by atoms with Gasteiger partial charge in [-0.2, -0.15) is 0 Å². The minimum atomic E-state index is -0.268. The van der Waals surface area contributed by atoms with Crippen LogP contribution in [0, 0.1) is 5.82 Å². The van der Waals surface area contributed by atoms with Crippen molar-refractivity contribution < 1.29 is 14.0 Å². The molecule has 10 heteroatoms. The van der Waals surface area contributed by atoms with E-state index in [9.17, 15) is 14.0 Å². The molecule has 1 aromatic carbocycles. The molecule has 48 heavy (non-hydrogen) atoms. The fraction of sp³-hybridized carbons (Fsp3) is 0.316. The number of nitrogens with one attached hydrogen (secondary N) is 4. The monoisotopic (exact) mass is 658 g/mol. The van der Waals surface area contributed by atoms with E-state index >= 15 is 0 Å². The van der Waals surface area contributed by atoms with Crippen LogP contribution in [0.1, 0.15) is 80.0 Å². The summed E-state index contributed by atoms with van der Waals surface area (Å²) in [6, 6.07) is 10.5. The van der Waals surface area contributed by atoms with Gasteiger partial charge in [0, 0.05) is 64.4 Å². The van der Waals surface area contributed by atoms with E-state index in [1.54, 1.807) is 6.07 Å². The first-order chi connectivity index (χ1) is 23.3. The molecular formula is C38H32ClFN6O2. The van der Waals surface area contributed by atoms with Crippen LogP contribution in [-0.4, -0.2) is 44.8 Å². The topological polar surface area (TPSA) is 116 Å². The van der Waals surface area contributed by atoms with Crippen molar-refractivity contribution in [2.24, 2.45) is 0 Å². The van der Waals surface area contributed by atoms with Crippen molar-refractivity contribution in [1.82, 2.24) is 30.6 Å². The van der Waals surface area contributed by atoms with Crippen LogP contribution in [-0.2, 0) is 36.5 Å². The van der Waals surface area contributed by atoms with Crippen molar-refractivity contribution in [1.29, 1.82) is 0 Å². The molecule has 2 amide bonds. The second kappa shape index (κ2) is 9.89. The van der Waals surface area contributed by atoms with Crippen LogP contribution in [0.4, 0.5) is 4.39 Å². The van der Waals surface area contributed by atoms with Gasteiger partial charge >= 0.3 is 0 Å². The number of nitrogens with zero attached hydrogens (tertiary/aromatic N) is 2. The highest BCUT2D eigenvalue weighted by Gasteiger charge is 2.53. The van der Waals surface area contributed by atoms with Gasteiger partial charge in [-0.05, 0) is 97.9 Å². The fourth-order valence-electron chi connectivity index (χ4n) is 8.47. The first-order valence-electron chi connectivity index (χ1n) is 16.8. The molecule has 0 atom stereocenters. The summed E-state index contributed by atoms with van der Waals surface area (Å²) in [6.07, 6.45) is 11.8. The zero-order valence-corrected chi connectivity index (χ0v) is 26.9. The van der Waals surface area contributed by atoms with Crippen molar-refractivity contribution in [2.45, 2.75) is 62.2 Å². The molecule has 0 bridgehead atoms. The highest BCUT2D eigenvalue weighted by atomic mass is 35.5. The van der Waals surface area contributed by atoms with Gasteiger partial charge in [-0.15, -0.1) is 0 Å². The van der Waals surface area contributed by atoms with E-state index in [4.69, 9.17) is 11.6 Å². The van der Waals surface area contributed by atoms with E-state index in [-0.39, 0.29) is 28.5 Å². The van der Waals surface area contributed by atoms with Gasteiger partial charge in [0.05, 0.1) is 28.2 Å². The predicted molar refractivity (Wildman–Crippen MR) is 180 cm³/mol. The fourth-order valence-corrected chi connectivity index (χ4v) is 8.63. The summed E-state index contributed by atoms with van der Waals surface area (Å²) in [7, 11) is 0. The van der Waals surface area contributed by atoms with Crippen LogP contribution < -0.4 is 10.6 Å². The predicted octanol–water partition coefficient (Wildman–Crippen LogP) is 6.36. The Kier molecular flexibility index (Phi) is 5.82. The van der Waals surface area contributed by atoms with Gasteiger partial charge in [0.1, 0.15) is 11.0 Å². The number of carbonyl (C=O) groups is 2. The number of carbonyl (C=O) groups excluding carboxylic acids is 2. The first kappa shape index (κ1) is 28.3. The highest BCUT2D eigenvalue weighted by molar-refractivity contribution is 6.29. The third-order valence-corrected chi connectivity index (χ3v) is 11.7. The maximum Gasteiger partial charge on any atom is 0.253 e. The Bertz CT molecular complexity index is 2240. The number of hydrogen-bond acceptors (Lipinski definition) is 4. The first-order valence-corrected chi connectivity index (χ1v) is 17.2. The van der Waals surface area contributed by atoms with Crippen LogP contribution in [0.2, 0.25) is 5.15 Å². The Balaban J connectivity index is 0.000000127. The number of halogens is 2. The molecule has 2 spiro atoms. The minimum Gasteiger partial charge on any atom is -0.357 e. The molecule has 5 aromatic rings. The second-order valence-corrected chi connectivity index (χ2v) is 14.7. The van der Waals surface area contributed by atoms with E-state index in [2.05, 4.69) is 30.6 Å². The summed E-state index contributed by atoms with van der Waals surface area (Å²) in [5.41, 5.74) is 14.8. The molecule has 8 nitrogen and oxygen atoms in total. The quantitative estimate of drug-likeness (QED) is 0.157. The van der Waals surface area contributed by atoms with Crippen molar-refractivity contribution in [2.75, 3.05) is 13.1 Å². The van der Waals surface area contributed by atoms with Crippen molar-refractivity contribution in [3.8, 4) is 33.8 Å². The second-order valence-electron chi connectivity index (χ2n) is 14.3. The molecule has 0 unspecified atom stereocenters. The number of H-pyrrole nitrogens is 2. The molecule has 2 aliphatic heterocycles. The largest absolute Gasteiger partial charge is 0.357 e. The third kappa shape index (κ3) is 4.12. The van der Waals surface area contributed by atoms with E-state index < -0.39 is 0 Å². The van der Waals surface area contributed by atoms with Gasteiger partial charge in [-0.25, -0.2) is 9.37 Å². The number of hydrogen-bond donors (Lipinski definition) is 4. The van der Waals surface area contributed by atoms with E-state index in [1.807, 2.05) is 30.6 Å². The zero-order chi connectivity index (χ0) is 32.4. The maximum atomic E-state index is 13.6. The lowest BCUT2D eigenvalue weighted by atomic mass is 9.86. The molecule has 240 valence electrons. The lowest BCUT2D eigenvalue weighted by Crippen LogP contribution is -2.39. The number of amides is 2. The van der Waals surface area contributed by atoms with Crippen LogP contribution in [0.3, 0.4) is 0 Å². The molecule has 0 radical (unpaired) electrons. The van der Waals surface area contributed by atoms with Crippen LogP contribution in [0.15, 0.2) is 48.8 Å². The number of benzene rings is 1. The standard InChI is InChI=1S/C22H18FN3O.C16H14ClN3O/c23-14-3-1-2-12(8-14)17-9-16-13(10-24-17)4-5-15-18-20(26-19(15)16)22(6-7-22)11-25-21(18)27;17-11-5-10-8(6-18-11)1-2-9-12-14(20-13(9)10)16(3-4-16)7-19-15(12)21/h1-3,8-10,26H,4-7,11H2,(H,25,27);5-6,20H,1-4,7H2,(H,19,21). The molecule has 2 saturated carbocycles. The minimum absolute atomic E-state index is 0.0443. The summed E-state index contributed by atoms with van der Waals surface area (Å²) >= 11 is 6.06. The van der Waals surface area contributed by atoms with Gasteiger partial charge in [-0.1, -0.05) is 23.7 Å². The summed E-state index contributed by atoms with van der Waals surface area (Å²) < 4.78 is 13.6. The van der Waals surface area contributed by atoms with Crippen LogP contribution >= 0.6 is 11.6 Å². The van der Waals surface area contributed by atoms with Gasteiger partial charge in [-0.3, -0.25) is 14.6 Å². The summed E-state index contributed by atoms with van der Waals surface area (Å²) in [6.45, 7) is 1.50. The lowest BCUT2D eigenvalue weighted by molar-refractivity contribution is 0.0928. The van der Waals surface area contributed by atoms with Gasteiger partial charge in [0.2, 0.25) is 0 Å². The van der Waals surface area contributed by atoms with E-state index in [0.717, 1.165) is 132 Å². The van der Waals surface area contributed by atoms with Gasteiger partial charge in [0.25, 0.3) is 11.8 Å². The normalized spacial score (nSPS) is 19.4. The van der Waals surface area contributed by atoms with Crippen molar-refractivity contribution in [3.63, 3.8) is 0 Å². The summed E-state index contributed by atoms with van der Waals surface area (Å²) in [5.74, 6) is -0.151. The summed E-state index contributed by atoms with van der Waals surface area (Å²) in [5, 5.41) is 6.65. The molecule has 2 fully saturated rings. The number of pyridine rings is 2. The average molecular weight is 659 g/mol. The molecule has 6 aliphatic rings. The molecule has 11 rings (SSSR count). The third-order valence-electron chi connectivity index (χ3n) is 11.5. The highest BCUT2D eigenvalue weighted by Crippen LogP contribution is 2.54. The van der Waals surface area contributed by atoms with E-state index in [1.165, 1.54) is 23.3 Å². The Labute approximate surface area is 280 Å². The van der Waals surface area contributed by atoms with Crippen molar-refractivity contribution in [3.05, 3.63) is 105 Å². The van der Waals surface area contributed by atoms with Gasteiger partial charge in [0.15, 0.2) is 0 Å². The number of aromatic nitrogens is 4. The number of aryl methyl sites for hydroxylation is 2.